The van der Waals surface area contributed by atoms with Gasteiger partial charge >= 0.3 is 0 Å². The summed E-state index contributed by atoms with van der Waals surface area (Å²) in [5.74, 6) is -0.377. The normalized spacial score (nSPS) is 22.5. The lowest BCUT2D eigenvalue weighted by atomic mass is 9.97. The minimum absolute atomic E-state index is 0.0553. The van der Waals surface area contributed by atoms with Crippen LogP contribution in [0.5, 0.6) is 0 Å². The molecule has 2 aliphatic heterocycles. The molecule has 0 unspecified atom stereocenters. The number of nitrogens with zero attached hydrogens (tertiary/aromatic N) is 3. The maximum Gasteiger partial charge on any atom is 0.227 e. The average molecular weight is 383 g/mol. The van der Waals surface area contributed by atoms with E-state index in [-0.39, 0.29) is 23.4 Å². The van der Waals surface area contributed by atoms with Crippen molar-refractivity contribution < 1.29 is 17.6 Å². The van der Waals surface area contributed by atoms with Crippen molar-refractivity contribution in [2.45, 2.75) is 19.8 Å². The lowest BCUT2D eigenvalue weighted by Gasteiger charge is -2.39. The van der Waals surface area contributed by atoms with Crippen molar-refractivity contribution in [2.24, 2.45) is 5.92 Å². The molecule has 1 aromatic carbocycles. The van der Waals surface area contributed by atoms with Crippen molar-refractivity contribution in [3.05, 3.63) is 30.1 Å². The minimum atomic E-state index is -3.24. The highest BCUT2D eigenvalue weighted by molar-refractivity contribution is 7.89. The van der Waals surface area contributed by atoms with Gasteiger partial charge in [0.2, 0.25) is 15.9 Å². The van der Waals surface area contributed by atoms with E-state index in [4.69, 9.17) is 0 Å². The van der Waals surface area contributed by atoms with Crippen molar-refractivity contribution in [2.75, 3.05) is 49.9 Å². The molecule has 8 heteroatoms. The number of benzene rings is 1. The summed E-state index contributed by atoms with van der Waals surface area (Å²) in [6, 6.07) is 6.39. The quantitative estimate of drug-likeness (QED) is 0.791. The summed E-state index contributed by atoms with van der Waals surface area (Å²) >= 11 is 0. The summed E-state index contributed by atoms with van der Waals surface area (Å²) in [6.07, 6.45) is 1.47. The number of anilines is 1. The standard InChI is InChI=1S/C18H26FN3O3S/c1-2-26(24,25)22-9-3-4-15(14-22)18(23)21-12-10-20(11-13-21)17-7-5-16(19)6-8-17/h5-8,15H,2-4,9-14H2,1H3/t15-/m1/s1. The molecule has 1 aromatic rings. The summed E-state index contributed by atoms with van der Waals surface area (Å²) in [5.41, 5.74) is 0.955. The second-order valence-electron chi connectivity index (χ2n) is 6.89. The molecule has 2 heterocycles. The topological polar surface area (TPSA) is 60.9 Å². The molecule has 1 atom stereocenters. The number of sulfonamides is 1. The van der Waals surface area contributed by atoms with Crippen molar-refractivity contribution in [1.29, 1.82) is 0 Å². The molecule has 2 fully saturated rings. The van der Waals surface area contributed by atoms with Gasteiger partial charge in [-0.3, -0.25) is 4.79 Å². The highest BCUT2D eigenvalue weighted by Gasteiger charge is 2.34. The van der Waals surface area contributed by atoms with E-state index in [0.29, 0.717) is 39.3 Å². The molecule has 26 heavy (non-hydrogen) atoms. The van der Waals surface area contributed by atoms with Crippen LogP contribution < -0.4 is 4.90 Å². The van der Waals surface area contributed by atoms with Gasteiger partial charge in [-0.1, -0.05) is 0 Å². The van der Waals surface area contributed by atoms with Gasteiger partial charge in [-0.2, -0.15) is 0 Å². The molecule has 0 aliphatic carbocycles. The highest BCUT2D eigenvalue weighted by atomic mass is 32.2. The molecular formula is C18H26FN3O3S. The van der Waals surface area contributed by atoms with Gasteiger partial charge in [0.05, 0.1) is 11.7 Å². The third kappa shape index (κ3) is 4.17. The van der Waals surface area contributed by atoms with Crippen LogP contribution in [0.25, 0.3) is 0 Å². The number of piperazine rings is 1. The number of piperidine rings is 1. The van der Waals surface area contributed by atoms with Crippen LogP contribution in [0.3, 0.4) is 0 Å². The first-order chi connectivity index (χ1) is 12.4. The Kier molecular flexibility index (Phi) is 5.82. The van der Waals surface area contributed by atoms with Crippen LogP contribution in [0.15, 0.2) is 24.3 Å². The Morgan fingerprint density at radius 3 is 2.38 bits per heavy atom. The SMILES string of the molecule is CCS(=O)(=O)N1CCC[C@@H](C(=O)N2CCN(c3ccc(F)cc3)CC2)C1. The van der Waals surface area contributed by atoms with Crippen LogP contribution in [-0.4, -0.2) is 68.6 Å². The van der Waals surface area contributed by atoms with Gasteiger partial charge in [0.25, 0.3) is 0 Å². The van der Waals surface area contributed by atoms with Crippen LogP contribution in [0.1, 0.15) is 19.8 Å². The number of halogens is 1. The molecule has 0 N–H and O–H groups in total. The van der Waals surface area contributed by atoms with Crippen LogP contribution in [0, 0.1) is 11.7 Å². The van der Waals surface area contributed by atoms with E-state index in [2.05, 4.69) is 4.90 Å². The Labute approximate surface area is 154 Å². The van der Waals surface area contributed by atoms with Crippen LogP contribution in [0.4, 0.5) is 10.1 Å². The Bertz CT molecular complexity index is 731. The van der Waals surface area contributed by atoms with Crippen molar-refractivity contribution in [3.63, 3.8) is 0 Å². The van der Waals surface area contributed by atoms with Crippen LogP contribution in [0.2, 0.25) is 0 Å². The van der Waals surface area contributed by atoms with Gasteiger partial charge < -0.3 is 9.80 Å². The average Bonchev–Trinajstić information content (AvgIpc) is 2.68. The van der Waals surface area contributed by atoms with E-state index in [1.54, 1.807) is 19.1 Å². The maximum atomic E-state index is 13.1. The Hall–Kier alpha value is -1.67. The lowest BCUT2D eigenvalue weighted by Crippen LogP contribution is -2.53. The summed E-state index contributed by atoms with van der Waals surface area (Å²) in [6.45, 7) is 5.05. The molecule has 0 saturated carbocycles. The fourth-order valence-electron chi connectivity index (χ4n) is 3.67. The molecule has 0 bridgehead atoms. The third-order valence-corrected chi connectivity index (χ3v) is 7.12. The molecule has 2 aliphatic rings. The summed E-state index contributed by atoms with van der Waals surface area (Å²) in [4.78, 5) is 16.8. The zero-order valence-electron chi connectivity index (χ0n) is 15.1. The number of carbonyl (C=O) groups is 1. The molecule has 0 aromatic heterocycles. The number of hydrogen-bond acceptors (Lipinski definition) is 4. The lowest BCUT2D eigenvalue weighted by molar-refractivity contribution is -0.137. The first-order valence-electron chi connectivity index (χ1n) is 9.18. The van der Waals surface area contributed by atoms with E-state index >= 15 is 0 Å². The molecule has 0 radical (unpaired) electrons. The van der Waals surface area contributed by atoms with E-state index < -0.39 is 10.0 Å². The van der Waals surface area contributed by atoms with Crippen molar-refractivity contribution >= 4 is 21.6 Å². The zero-order valence-corrected chi connectivity index (χ0v) is 15.9. The van der Waals surface area contributed by atoms with Crippen LogP contribution in [-0.2, 0) is 14.8 Å². The van der Waals surface area contributed by atoms with Crippen molar-refractivity contribution in [1.82, 2.24) is 9.21 Å². The smallest absolute Gasteiger partial charge is 0.227 e. The summed E-state index contributed by atoms with van der Waals surface area (Å²) in [7, 11) is -3.24. The predicted octanol–water partition coefficient (Wildman–Crippen LogP) is 1.54. The maximum absolute atomic E-state index is 13.1. The molecule has 0 spiro atoms. The first kappa shape index (κ1) is 19.1. The second kappa shape index (κ2) is 7.92. The summed E-state index contributed by atoms with van der Waals surface area (Å²) < 4.78 is 38.7. The van der Waals surface area contributed by atoms with Crippen molar-refractivity contribution in [3.8, 4) is 0 Å². The molecular weight excluding hydrogens is 357 g/mol. The highest BCUT2D eigenvalue weighted by Crippen LogP contribution is 2.23. The minimum Gasteiger partial charge on any atom is -0.368 e. The van der Waals surface area contributed by atoms with Gasteiger partial charge in [-0.25, -0.2) is 17.1 Å². The van der Waals surface area contributed by atoms with E-state index in [9.17, 15) is 17.6 Å². The van der Waals surface area contributed by atoms with Gasteiger partial charge in [-0.05, 0) is 44.0 Å². The molecule has 1 amide bonds. The fraction of sp³-hybridized carbons (Fsp3) is 0.611. The Morgan fingerprint density at radius 1 is 1.12 bits per heavy atom. The first-order valence-corrected chi connectivity index (χ1v) is 10.8. The van der Waals surface area contributed by atoms with Gasteiger partial charge in [0.1, 0.15) is 5.82 Å². The third-order valence-electron chi connectivity index (χ3n) is 5.27. The predicted molar refractivity (Wildman–Crippen MR) is 99.0 cm³/mol. The number of carbonyl (C=O) groups excluding carboxylic acids is 1. The fourth-order valence-corrected chi connectivity index (χ4v) is 4.85. The molecule has 3 rings (SSSR count). The van der Waals surface area contributed by atoms with Crippen LogP contribution >= 0.6 is 0 Å². The number of rotatable bonds is 4. The van der Waals surface area contributed by atoms with E-state index in [1.165, 1.54) is 16.4 Å². The molecule has 144 valence electrons. The van der Waals surface area contributed by atoms with E-state index in [0.717, 1.165) is 18.5 Å². The largest absolute Gasteiger partial charge is 0.368 e. The molecule has 6 nitrogen and oxygen atoms in total. The summed E-state index contributed by atoms with van der Waals surface area (Å²) in [5, 5.41) is 0. The number of hydrogen-bond donors (Lipinski definition) is 0. The monoisotopic (exact) mass is 383 g/mol. The Morgan fingerprint density at radius 2 is 1.77 bits per heavy atom. The molecule has 2 saturated heterocycles. The van der Waals surface area contributed by atoms with Gasteiger partial charge in [-0.15, -0.1) is 0 Å². The second-order valence-corrected chi connectivity index (χ2v) is 9.14. The number of amides is 1. The zero-order chi connectivity index (χ0) is 18.7. The Balaban J connectivity index is 1.57. The van der Waals surface area contributed by atoms with E-state index in [1.807, 2.05) is 4.90 Å². The van der Waals surface area contributed by atoms with Gasteiger partial charge in [0.15, 0.2) is 0 Å². The van der Waals surface area contributed by atoms with Gasteiger partial charge in [0, 0.05) is 45.0 Å².